The van der Waals surface area contributed by atoms with Crippen LogP contribution in [0.1, 0.15) is 0 Å². The minimum atomic E-state index is 0.620. The molecule has 2 heterocycles. The molecule has 0 aliphatic heterocycles. The van der Waals surface area contributed by atoms with Gasteiger partial charge in [0, 0.05) is 32.8 Å². The lowest BCUT2D eigenvalue weighted by atomic mass is 9.98. The summed E-state index contributed by atoms with van der Waals surface area (Å²) in [5, 5.41) is 8.76. The lowest BCUT2D eigenvalue weighted by Gasteiger charge is -2.12. The number of hydrogen-bond acceptors (Lipinski definition) is 4. The SMILES string of the molecule is c1ccc(-c2ccc3c(c2)oc2c4ccccc4c(-c4nc(-c5ccc6ccccc6c5)nc(-c5ccc6ccccc6c5)n4)cc32)cc1. The highest BCUT2D eigenvalue weighted by atomic mass is 16.3. The molecule has 0 amide bonds. The molecular formula is C45H27N3O. The fraction of sp³-hybridized carbons (Fsp3) is 0. The molecule has 2 aromatic heterocycles. The molecular weight excluding hydrogens is 599 g/mol. The van der Waals surface area contributed by atoms with Crippen LogP contribution in [-0.2, 0) is 0 Å². The van der Waals surface area contributed by atoms with Crippen molar-refractivity contribution < 1.29 is 4.42 Å². The Kier molecular flexibility index (Phi) is 6.15. The first-order valence-corrected chi connectivity index (χ1v) is 16.4. The van der Waals surface area contributed by atoms with Crippen LogP contribution in [0.3, 0.4) is 0 Å². The molecule has 0 bridgehead atoms. The average Bonchev–Trinajstić information content (AvgIpc) is 3.55. The molecule has 0 saturated carbocycles. The van der Waals surface area contributed by atoms with Gasteiger partial charge in [0.2, 0.25) is 0 Å². The number of fused-ring (bicyclic) bond motifs is 7. The normalized spacial score (nSPS) is 11.7. The number of hydrogen-bond donors (Lipinski definition) is 0. The Hall–Kier alpha value is -6.65. The monoisotopic (exact) mass is 625 g/mol. The van der Waals surface area contributed by atoms with Crippen molar-refractivity contribution in [2.75, 3.05) is 0 Å². The quantitative estimate of drug-likeness (QED) is 0.195. The third-order valence-corrected chi connectivity index (χ3v) is 9.48. The van der Waals surface area contributed by atoms with Gasteiger partial charge < -0.3 is 4.42 Å². The van der Waals surface area contributed by atoms with Crippen LogP contribution in [0.4, 0.5) is 0 Å². The van der Waals surface area contributed by atoms with Crippen molar-refractivity contribution in [3.8, 4) is 45.3 Å². The molecule has 0 aliphatic carbocycles. The van der Waals surface area contributed by atoms with Gasteiger partial charge in [-0.25, -0.2) is 15.0 Å². The van der Waals surface area contributed by atoms with Crippen LogP contribution in [0.25, 0.3) is 99.5 Å². The summed E-state index contributed by atoms with van der Waals surface area (Å²) in [6, 6.07) is 56.9. The van der Waals surface area contributed by atoms with E-state index >= 15 is 0 Å². The van der Waals surface area contributed by atoms with E-state index in [9.17, 15) is 0 Å². The molecule has 4 nitrogen and oxygen atoms in total. The van der Waals surface area contributed by atoms with Gasteiger partial charge in [-0.2, -0.15) is 0 Å². The Morgan fingerprint density at radius 3 is 1.55 bits per heavy atom. The summed E-state index contributed by atoms with van der Waals surface area (Å²) in [6.07, 6.45) is 0. The van der Waals surface area contributed by atoms with Crippen LogP contribution in [0, 0.1) is 0 Å². The highest BCUT2D eigenvalue weighted by Gasteiger charge is 2.19. The van der Waals surface area contributed by atoms with Crippen LogP contribution in [0.2, 0.25) is 0 Å². The lowest BCUT2D eigenvalue weighted by Crippen LogP contribution is -2.01. The molecule has 4 heteroatoms. The number of nitrogens with zero attached hydrogens (tertiary/aromatic N) is 3. The van der Waals surface area contributed by atoms with Crippen molar-refractivity contribution in [2.24, 2.45) is 0 Å². The minimum Gasteiger partial charge on any atom is -0.455 e. The Labute approximate surface area is 282 Å². The molecule has 10 rings (SSSR count). The van der Waals surface area contributed by atoms with E-state index < -0.39 is 0 Å². The van der Waals surface area contributed by atoms with E-state index in [2.05, 4.69) is 158 Å². The summed E-state index contributed by atoms with van der Waals surface area (Å²) in [4.78, 5) is 15.5. The number of rotatable bonds is 4. The van der Waals surface area contributed by atoms with Crippen molar-refractivity contribution in [2.45, 2.75) is 0 Å². The molecule has 0 fully saturated rings. The maximum absolute atomic E-state index is 6.63. The van der Waals surface area contributed by atoms with Gasteiger partial charge in [-0.05, 0) is 68.4 Å². The van der Waals surface area contributed by atoms with Crippen molar-refractivity contribution in [3.05, 3.63) is 164 Å². The van der Waals surface area contributed by atoms with E-state index in [1.807, 2.05) is 6.07 Å². The topological polar surface area (TPSA) is 51.8 Å². The van der Waals surface area contributed by atoms with Crippen LogP contribution in [-0.4, -0.2) is 15.0 Å². The third kappa shape index (κ3) is 4.65. The predicted molar refractivity (Wildman–Crippen MR) is 201 cm³/mol. The summed E-state index contributed by atoms with van der Waals surface area (Å²) in [6.45, 7) is 0. The maximum atomic E-state index is 6.63. The van der Waals surface area contributed by atoms with Crippen molar-refractivity contribution in [1.29, 1.82) is 0 Å². The second kappa shape index (κ2) is 11.0. The van der Waals surface area contributed by atoms with Gasteiger partial charge in [0.25, 0.3) is 0 Å². The smallest absolute Gasteiger partial charge is 0.164 e. The van der Waals surface area contributed by atoms with E-state index in [1.54, 1.807) is 0 Å². The Morgan fingerprint density at radius 1 is 0.327 bits per heavy atom. The number of benzene rings is 8. The summed E-state index contributed by atoms with van der Waals surface area (Å²) < 4.78 is 6.63. The van der Waals surface area contributed by atoms with Gasteiger partial charge in [0.15, 0.2) is 17.5 Å². The first-order valence-electron chi connectivity index (χ1n) is 16.4. The highest BCUT2D eigenvalue weighted by molar-refractivity contribution is 6.19. The van der Waals surface area contributed by atoms with E-state index in [-0.39, 0.29) is 0 Å². The van der Waals surface area contributed by atoms with Gasteiger partial charge in [-0.1, -0.05) is 133 Å². The van der Waals surface area contributed by atoms with Gasteiger partial charge in [-0.3, -0.25) is 0 Å². The largest absolute Gasteiger partial charge is 0.455 e. The molecule has 0 N–H and O–H groups in total. The zero-order valence-corrected chi connectivity index (χ0v) is 26.3. The van der Waals surface area contributed by atoms with Gasteiger partial charge >= 0.3 is 0 Å². The van der Waals surface area contributed by atoms with E-state index in [4.69, 9.17) is 19.4 Å². The summed E-state index contributed by atoms with van der Waals surface area (Å²) in [5.41, 5.74) is 6.80. The molecule has 10 aromatic rings. The minimum absolute atomic E-state index is 0.620. The van der Waals surface area contributed by atoms with Crippen molar-refractivity contribution in [3.63, 3.8) is 0 Å². The van der Waals surface area contributed by atoms with Crippen LogP contribution >= 0.6 is 0 Å². The second-order valence-electron chi connectivity index (χ2n) is 12.5. The molecule has 0 saturated heterocycles. The van der Waals surface area contributed by atoms with E-state index in [0.717, 1.165) is 71.3 Å². The summed E-state index contributed by atoms with van der Waals surface area (Å²) in [5.74, 6) is 1.88. The molecule has 0 aliphatic rings. The van der Waals surface area contributed by atoms with Gasteiger partial charge in [0.05, 0.1) is 0 Å². The molecule has 0 atom stereocenters. The molecule has 0 spiro atoms. The van der Waals surface area contributed by atoms with Crippen molar-refractivity contribution >= 4 is 54.3 Å². The highest BCUT2D eigenvalue weighted by Crippen LogP contribution is 2.41. The van der Waals surface area contributed by atoms with E-state index in [0.29, 0.717) is 17.5 Å². The van der Waals surface area contributed by atoms with Crippen LogP contribution in [0.5, 0.6) is 0 Å². The summed E-state index contributed by atoms with van der Waals surface area (Å²) in [7, 11) is 0. The number of furan rings is 1. The first kappa shape index (κ1) is 27.5. The Balaban J connectivity index is 1.23. The molecule has 49 heavy (non-hydrogen) atoms. The Morgan fingerprint density at radius 2 is 0.878 bits per heavy atom. The van der Waals surface area contributed by atoms with Crippen LogP contribution < -0.4 is 0 Å². The Bertz CT molecular complexity index is 2790. The zero-order chi connectivity index (χ0) is 32.3. The van der Waals surface area contributed by atoms with Gasteiger partial charge in [-0.15, -0.1) is 0 Å². The lowest BCUT2D eigenvalue weighted by molar-refractivity contribution is 0.673. The third-order valence-electron chi connectivity index (χ3n) is 9.48. The molecule has 8 aromatic carbocycles. The molecule has 0 radical (unpaired) electrons. The first-order chi connectivity index (χ1) is 24.2. The molecule has 0 unspecified atom stereocenters. The average molecular weight is 626 g/mol. The van der Waals surface area contributed by atoms with Gasteiger partial charge in [0.1, 0.15) is 11.2 Å². The van der Waals surface area contributed by atoms with Crippen molar-refractivity contribution in [1.82, 2.24) is 15.0 Å². The van der Waals surface area contributed by atoms with E-state index in [1.165, 1.54) is 10.8 Å². The standard InChI is InChI=1S/C45H27N3O/c1-2-10-28(11-3-1)33-22-23-37-39-27-40(36-16-8-9-17-38(36)42(39)49-41(37)26-33)45-47-43(34-20-18-29-12-4-6-14-31(29)24-34)46-44(48-45)35-21-19-30-13-5-7-15-32(30)25-35/h1-27H. The predicted octanol–water partition coefficient (Wildman–Crippen LogP) is 11.9. The second-order valence-corrected chi connectivity index (χ2v) is 12.5. The summed E-state index contributed by atoms with van der Waals surface area (Å²) >= 11 is 0. The fourth-order valence-electron chi connectivity index (χ4n) is 7.00. The molecule has 228 valence electrons. The number of aromatic nitrogens is 3. The maximum Gasteiger partial charge on any atom is 0.164 e. The zero-order valence-electron chi connectivity index (χ0n) is 26.3. The van der Waals surface area contributed by atoms with Crippen LogP contribution in [0.15, 0.2) is 168 Å². The fourth-order valence-corrected chi connectivity index (χ4v) is 7.00.